The fourth-order valence-electron chi connectivity index (χ4n) is 4.25. The standard InChI is InChI=1S/C24H31N3O3/c1-18(2)21(22(28)30-17-19-10-6-5-7-11-19)26(4)23(29)27-15-9-13-24(27,3)20-12-8-14-25-16-20/h5-8,10-12,14,16,18,21H,9,13,15,17H2,1-4H3/t21-,24+/m0/s1. The first-order valence-electron chi connectivity index (χ1n) is 10.5. The van der Waals surface area contributed by atoms with Gasteiger partial charge in [0.2, 0.25) is 0 Å². The molecule has 160 valence electrons. The maximum Gasteiger partial charge on any atom is 0.329 e. The molecule has 0 aliphatic carbocycles. The topological polar surface area (TPSA) is 62.7 Å². The first kappa shape index (κ1) is 21.8. The number of aromatic nitrogens is 1. The highest BCUT2D eigenvalue weighted by Crippen LogP contribution is 2.39. The zero-order valence-electron chi connectivity index (χ0n) is 18.2. The molecule has 6 heteroatoms. The molecule has 0 radical (unpaired) electrons. The summed E-state index contributed by atoms with van der Waals surface area (Å²) in [5, 5.41) is 0. The van der Waals surface area contributed by atoms with Crippen LogP contribution in [0.1, 0.15) is 44.7 Å². The molecule has 3 rings (SSSR count). The molecular weight excluding hydrogens is 378 g/mol. The first-order valence-corrected chi connectivity index (χ1v) is 10.5. The summed E-state index contributed by atoms with van der Waals surface area (Å²) in [4.78, 5) is 34.0. The van der Waals surface area contributed by atoms with Gasteiger partial charge in [-0.25, -0.2) is 9.59 Å². The van der Waals surface area contributed by atoms with Gasteiger partial charge in [-0.15, -0.1) is 0 Å². The monoisotopic (exact) mass is 409 g/mol. The van der Waals surface area contributed by atoms with E-state index < -0.39 is 11.6 Å². The molecular formula is C24H31N3O3. The molecule has 0 bridgehead atoms. The lowest BCUT2D eigenvalue weighted by molar-refractivity contribution is -0.151. The van der Waals surface area contributed by atoms with Gasteiger partial charge in [-0.1, -0.05) is 50.2 Å². The molecule has 0 saturated carbocycles. The molecule has 0 N–H and O–H groups in total. The molecule has 1 aromatic carbocycles. The van der Waals surface area contributed by atoms with Gasteiger partial charge in [-0.3, -0.25) is 4.98 Å². The average Bonchev–Trinajstić information content (AvgIpc) is 3.15. The molecule has 2 heterocycles. The van der Waals surface area contributed by atoms with Crippen LogP contribution in [0.4, 0.5) is 4.79 Å². The number of hydrogen-bond donors (Lipinski definition) is 0. The third kappa shape index (κ3) is 4.48. The molecule has 30 heavy (non-hydrogen) atoms. The minimum Gasteiger partial charge on any atom is -0.459 e. The summed E-state index contributed by atoms with van der Waals surface area (Å²) in [7, 11) is 1.69. The maximum atomic E-state index is 13.5. The minimum atomic E-state index is -0.653. The Balaban J connectivity index is 1.75. The summed E-state index contributed by atoms with van der Waals surface area (Å²) >= 11 is 0. The summed E-state index contributed by atoms with van der Waals surface area (Å²) in [6.45, 7) is 6.78. The number of urea groups is 1. The number of rotatable bonds is 6. The average molecular weight is 410 g/mol. The summed E-state index contributed by atoms with van der Waals surface area (Å²) in [6, 6.07) is 12.7. The number of ether oxygens (including phenoxy) is 1. The van der Waals surface area contributed by atoms with Crippen LogP contribution >= 0.6 is 0 Å². The van der Waals surface area contributed by atoms with E-state index >= 15 is 0 Å². The molecule has 1 aliphatic heterocycles. The number of hydrogen-bond acceptors (Lipinski definition) is 4. The second-order valence-electron chi connectivity index (χ2n) is 8.45. The van der Waals surface area contributed by atoms with E-state index in [4.69, 9.17) is 4.74 Å². The first-order chi connectivity index (χ1) is 14.3. The number of benzene rings is 1. The van der Waals surface area contributed by atoms with Gasteiger partial charge in [-0.2, -0.15) is 0 Å². The third-order valence-corrected chi connectivity index (χ3v) is 5.97. The maximum absolute atomic E-state index is 13.5. The number of carbonyl (C=O) groups is 2. The van der Waals surface area contributed by atoms with Crippen molar-refractivity contribution in [2.24, 2.45) is 5.92 Å². The largest absolute Gasteiger partial charge is 0.459 e. The van der Waals surface area contributed by atoms with Crippen molar-refractivity contribution in [2.75, 3.05) is 13.6 Å². The Morgan fingerprint density at radius 1 is 1.20 bits per heavy atom. The fraction of sp³-hybridized carbons (Fsp3) is 0.458. The lowest BCUT2D eigenvalue weighted by atomic mass is 9.90. The Bertz CT molecular complexity index is 857. The SMILES string of the molecule is CC(C)[C@@H](C(=O)OCc1ccccc1)N(C)C(=O)N1CCC[C@]1(C)c1cccnc1. The number of nitrogens with zero attached hydrogens (tertiary/aromatic N) is 3. The number of pyridine rings is 1. The summed E-state index contributed by atoms with van der Waals surface area (Å²) in [6.07, 6.45) is 5.33. The van der Waals surface area contributed by atoms with Crippen LogP contribution in [0.15, 0.2) is 54.9 Å². The van der Waals surface area contributed by atoms with Gasteiger partial charge in [0.25, 0.3) is 0 Å². The predicted molar refractivity (Wildman–Crippen MR) is 116 cm³/mol. The normalized spacial score (nSPS) is 19.6. The van der Waals surface area contributed by atoms with Crippen molar-refractivity contribution in [3.05, 3.63) is 66.0 Å². The highest BCUT2D eigenvalue weighted by Gasteiger charge is 2.44. The molecule has 1 fully saturated rings. The van der Waals surface area contributed by atoms with Gasteiger partial charge < -0.3 is 14.5 Å². The molecule has 2 atom stereocenters. The third-order valence-electron chi connectivity index (χ3n) is 5.97. The van der Waals surface area contributed by atoms with E-state index in [0.717, 1.165) is 24.0 Å². The highest BCUT2D eigenvalue weighted by molar-refractivity contribution is 5.84. The number of likely N-dealkylation sites (tertiary alicyclic amines) is 1. The second-order valence-corrected chi connectivity index (χ2v) is 8.45. The van der Waals surface area contributed by atoms with Crippen LogP contribution in [0.25, 0.3) is 0 Å². The van der Waals surface area contributed by atoms with Gasteiger partial charge in [0.15, 0.2) is 0 Å². The Morgan fingerprint density at radius 2 is 1.93 bits per heavy atom. The fourth-order valence-corrected chi connectivity index (χ4v) is 4.25. The lowest BCUT2D eigenvalue weighted by Crippen LogP contribution is -2.54. The van der Waals surface area contributed by atoms with Crippen molar-refractivity contribution in [1.29, 1.82) is 0 Å². The van der Waals surface area contributed by atoms with Crippen molar-refractivity contribution in [3.63, 3.8) is 0 Å². The van der Waals surface area contributed by atoms with E-state index in [2.05, 4.69) is 11.9 Å². The van der Waals surface area contributed by atoms with Gasteiger partial charge in [0.05, 0.1) is 5.54 Å². The van der Waals surface area contributed by atoms with Crippen molar-refractivity contribution in [2.45, 2.75) is 51.8 Å². The van der Waals surface area contributed by atoms with Gasteiger partial charge >= 0.3 is 12.0 Å². The quantitative estimate of drug-likeness (QED) is 0.671. The summed E-state index contributed by atoms with van der Waals surface area (Å²) in [5.41, 5.74) is 1.50. The number of likely N-dealkylation sites (N-methyl/N-ethyl adjacent to an activating group) is 1. The van der Waals surface area contributed by atoms with Crippen molar-refractivity contribution in [3.8, 4) is 0 Å². The molecule has 0 spiro atoms. The number of amides is 2. The minimum absolute atomic E-state index is 0.0746. The zero-order chi connectivity index (χ0) is 21.7. The lowest BCUT2D eigenvalue weighted by Gasteiger charge is -2.40. The van der Waals surface area contributed by atoms with Crippen LogP contribution < -0.4 is 0 Å². The summed E-state index contributed by atoms with van der Waals surface area (Å²) < 4.78 is 5.56. The van der Waals surface area contributed by atoms with Crippen molar-refractivity contribution >= 4 is 12.0 Å². The van der Waals surface area contributed by atoms with Crippen molar-refractivity contribution in [1.82, 2.24) is 14.8 Å². The van der Waals surface area contributed by atoms with Gasteiger partial charge in [0.1, 0.15) is 12.6 Å². The molecule has 1 aliphatic rings. The highest BCUT2D eigenvalue weighted by atomic mass is 16.5. The Hall–Kier alpha value is -2.89. The van der Waals surface area contributed by atoms with Crippen LogP contribution in [-0.4, -0.2) is 46.4 Å². The predicted octanol–water partition coefficient (Wildman–Crippen LogP) is 4.21. The molecule has 2 aromatic rings. The van der Waals surface area contributed by atoms with Crippen molar-refractivity contribution < 1.29 is 14.3 Å². The number of carbonyl (C=O) groups excluding carboxylic acids is 2. The molecule has 2 amide bonds. The van der Waals surface area contributed by atoms with E-state index in [1.807, 2.05) is 67.4 Å². The van der Waals surface area contributed by atoms with E-state index in [0.29, 0.717) is 6.54 Å². The molecule has 0 unspecified atom stereocenters. The summed E-state index contributed by atoms with van der Waals surface area (Å²) in [5.74, 6) is -0.457. The molecule has 6 nitrogen and oxygen atoms in total. The Labute approximate surface area is 178 Å². The Kier molecular flexibility index (Phi) is 6.75. The van der Waals surface area contributed by atoms with Crippen LogP contribution in [0.2, 0.25) is 0 Å². The molecule has 1 saturated heterocycles. The zero-order valence-corrected chi connectivity index (χ0v) is 18.2. The Morgan fingerprint density at radius 3 is 2.57 bits per heavy atom. The van der Waals surface area contributed by atoms with Gasteiger partial charge in [0, 0.05) is 26.0 Å². The van der Waals surface area contributed by atoms with E-state index in [9.17, 15) is 9.59 Å². The van der Waals surface area contributed by atoms with Crippen LogP contribution in [0, 0.1) is 5.92 Å². The van der Waals surface area contributed by atoms with Crippen LogP contribution in [-0.2, 0) is 21.7 Å². The smallest absolute Gasteiger partial charge is 0.329 e. The van der Waals surface area contributed by atoms with Crippen LogP contribution in [0.3, 0.4) is 0 Å². The number of esters is 1. The van der Waals surface area contributed by atoms with E-state index in [1.165, 1.54) is 4.90 Å². The van der Waals surface area contributed by atoms with Gasteiger partial charge in [-0.05, 0) is 42.9 Å². The van der Waals surface area contributed by atoms with E-state index in [1.54, 1.807) is 13.2 Å². The second kappa shape index (κ2) is 9.28. The van der Waals surface area contributed by atoms with E-state index in [-0.39, 0.29) is 24.5 Å². The van der Waals surface area contributed by atoms with Crippen LogP contribution in [0.5, 0.6) is 0 Å². The molecule has 1 aromatic heterocycles.